The summed E-state index contributed by atoms with van der Waals surface area (Å²) in [5, 5.41) is 3.97. The van der Waals surface area contributed by atoms with Crippen LogP contribution < -0.4 is 14.8 Å². The number of fused-ring (bicyclic) bond motifs is 2. The first-order chi connectivity index (χ1) is 16.9. The summed E-state index contributed by atoms with van der Waals surface area (Å²) in [6.45, 7) is 3.76. The van der Waals surface area contributed by atoms with E-state index in [1.165, 1.54) is 7.11 Å². The van der Waals surface area contributed by atoms with Crippen LogP contribution in [0.1, 0.15) is 40.1 Å². The number of aromatic nitrogens is 1. The summed E-state index contributed by atoms with van der Waals surface area (Å²) in [6, 6.07) is 19.6. The summed E-state index contributed by atoms with van der Waals surface area (Å²) >= 11 is 0. The summed E-state index contributed by atoms with van der Waals surface area (Å²) in [7, 11) is 3.10. The molecular formula is C28H27N3O4. The van der Waals surface area contributed by atoms with Crippen molar-refractivity contribution >= 4 is 28.4 Å². The second-order valence-electron chi connectivity index (χ2n) is 8.64. The standard InChI is InChI=1S/C28H27N3O4/c1-16-25(21-11-7-8-12-22(21)29-16)26-19-9-5-6-10-20(19)28(33)31(26)17(2)27(32)30-23-14-13-18(34-3)15-24(23)35-4/h5-15,17,26,29H,1-4H3,(H,30,32). The van der Waals surface area contributed by atoms with Crippen molar-refractivity contribution in [3.63, 3.8) is 0 Å². The highest BCUT2D eigenvalue weighted by Gasteiger charge is 2.43. The predicted molar refractivity (Wildman–Crippen MR) is 135 cm³/mol. The number of carbonyl (C=O) groups excluding carboxylic acids is 2. The molecule has 0 radical (unpaired) electrons. The Hall–Kier alpha value is -4.26. The number of para-hydroxylation sites is 1. The summed E-state index contributed by atoms with van der Waals surface area (Å²) in [6.07, 6.45) is 0. The van der Waals surface area contributed by atoms with Crippen molar-refractivity contribution in [3.8, 4) is 11.5 Å². The Balaban J connectivity index is 1.55. The second-order valence-corrected chi connectivity index (χ2v) is 8.64. The molecule has 178 valence electrons. The minimum atomic E-state index is -0.750. The molecule has 0 saturated heterocycles. The monoisotopic (exact) mass is 469 g/mol. The maximum absolute atomic E-state index is 13.6. The van der Waals surface area contributed by atoms with E-state index in [1.807, 2.05) is 55.5 Å². The van der Waals surface area contributed by atoms with Crippen LogP contribution in [0.3, 0.4) is 0 Å². The normalized spacial score (nSPS) is 15.7. The van der Waals surface area contributed by atoms with E-state index in [9.17, 15) is 9.59 Å². The molecule has 2 amide bonds. The van der Waals surface area contributed by atoms with Crippen molar-refractivity contribution in [2.75, 3.05) is 19.5 Å². The average molecular weight is 470 g/mol. The second kappa shape index (κ2) is 8.83. The number of ether oxygens (including phenoxy) is 2. The minimum absolute atomic E-state index is 0.167. The van der Waals surface area contributed by atoms with Crippen molar-refractivity contribution in [2.45, 2.75) is 25.9 Å². The van der Waals surface area contributed by atoms with Gasteiger partial charge in [-0.1, -0.05) is 36.4 Å². The van der Waals surface area contributed by atoms with E-state index in [-0.39, 0.29) is 11.8 Å². The first-order valence-corrected chi connectivity index (χ1v) is 11.5. The van der Waals surface area contributed by atoms with Gasteiger partial charge >= 0.3 is 0 Å². The third-order valence-corrected chi connectivity index (χ3v) is 6.68. The number of amides is 2. The van der Waals surface area contributed by atoms with Gasteiger partial charge in [-0.05, 0) is 43.7 Å². The Kier molecular flexibility index (Phi) is 5.68. The molecule has 2 atom stereocenters. The van der Waals surface area contributed by atoms with Crippen LogP contribution in [0.4, 0.5) is 5.69 Å². The zero-order chi connectivity index (χ0) is 24.7. The topological polar surface area (TPSA) is 83.7 Å². The highest BCUT2D eigenvalue weighted by atomic mass is 16.5. The van der Waals surface area contributed by atoms with Crippen LogP contribution in [0.25, 0.3) is 10.9 Å². The van der Waals surface area contributed by atoms with Crippen molar-refractivity contribution < 1.29 is 19.1 Å². The third kappa shape index (κ3) is 3.69. The first-order valence-electron chi connectivity index (χ1n) is 11.5. The summed E-state index contributed by atoms with van der Waals surface area (Å²) < 4.78 is 10.7. The van der Waals surface area contributed by atoms with Gasteiger partial charge in [0.25, 0.3) is 5.91 Å². The molecule has 2 heterocycles. The van der Waals surface area contributed by atoms with Gasteiger partial charge in [-0.15, -0.1) is 0 Å². The Bertz CT molecular complexity index is 1440. The molecule has 3 aromatic carbocycles. The number of benzene rings is 3. The lowest BCUT2D eigenvalue weighted by Gasteiger charge is -2.31. The molecule has 35 heavy (non-hydrogen) atoms. The Labute approximate surface area is 203 Å². The van der Waals surface area contributed by atoms with Gasteiger partial charge in [-0.25, -0.2) is 0 Å². The maximum Gasteiger partial charge on any atom is 0.255 e. The van der Waals surface area contributed by atoms with Crippen LogP contribution in [0.15, 0.2) is 66.7 Å². The molecule has 0 fully saturated rings. The quantitative estimate of drug-likeness (QED) is 0.413. The third-order valence-electron chi connectivity index (χ3n) is 6.68. The fourth-order valence-electron chi connectivity index (χ4n) is 4.95. The van der Waals surface area contributed by atoms with Gasteiger partial charge < -0.3 is 24.7 Å². The van der Waals surface area contributed by atoms with Crippen molar-refractivity contribution in [2.24, 2.45) is 0 Å². The molecule has 2 unspecified atom stereocenters. The van der Waals surface area contributed by atoms with Gasteiger partial charge in [0.1, 0.15) is 17.5 Å². The summed E-state index contributed by atoms with van der Waals surface area (Å²) in [4.78, 5) is 32.2. The number of nitrogens with one attached hydrogen (secondary N) is 2. The smallest absolute Gasteiger partial charge is 0.255 e. The van der Waals surface area contributed by atoms with E-state index in [1.54, 1.807) is 37.1 Å². The predicted octanol–water partition coefficient (Wildman–Crippen LogP) is 5.07. The Morgan fingerprint density at radius 2 is 1.77 bits per heavy atom. The van der Waals surface area contributed by atoms with Gasteiger partial charge in [0.05, 0.1) is 25.9 Å². The molecule has 7 nitrogen and oxygen atoms in total. The number of hydrogen-bond donors (Lipinski definition) is 2. The highest BCUT2D eigenvalue weighted by molar-refractivity contribution is 6.05. The molecule has 7 heteroatoms. The number of H-pyrrole nitrogens is 1. The van der Waals surface area contributed by atoms with E-state index in [0.29, 0.717) is 22.7 Å². The van der Waals surface area contributed by atoms with Crippen LogP contribution in [0, 0.1) is 6.92 Å². The average Bonchev–Trinajstić information content (AvgIpc) is 3.36. The Morgan fingerprint density at radius 3 is 2.54 bits per heavy atom. The number of carbonyl (C=O) groups is 2. The molecule has 1 aliphatic rings. The number of aryl methyl sites for hydroxylation is 1. The van der Waals surface area contributed by atoms with E-state index < -0.39 is 12.1 Å². The number of anilines is 1. The van der Waals surface area contributed by atoms with Gasteiger partial charge in [0.15, 0.2) is 0 Å². The largest absolute Gasteiger partial charge is 0.497 e. The number of hydrogen-bond acceptors (Lipinski definition) is 4. The van der Waals surface area contributed by atoms with Gasteiger partial charge in [-0.3, -0.25) is 9.59 Å². The van der Waals surface area contributed by atoms with Crippen molar-refractivity contribution in [3.05, 3.63) is 89.1 Å². The van der Waals surface area contributed by atoms with Gasteiger partial charge in [0, 0.05) is 33.8 Å². The number of rotatable bonds is 6. The number of methoxy groups -OCH3 is 2. The Morgan fingerprint density at radius 1 is 1.03 bits per heavy atom. The highest BCUT2D eigenvalue weighted by Crippen LogP contribution is 2.44. The molecule has 1 aliphatic heterocycles. The van der Waals surface area contributed by atoms with Crippen LogP contribution in [-0.2, 0) is 4.79 Å². The summed E-state index contributed by atoms with van der Waals surface area (Å²) in [5.74, 6) is 0.620. The molecule has 2 N–H and O–H groups in total. The minimum Gasteiger partial charge on any atom is -0.497 e. The molecule has 0 bridgehead atoms. The van der Waals surface area contributed by atoms with E-state index in [0.717, 1.165) is 27.7 Å². The lowest BCUT2D eigenvalue weighted by atomic mass is 9.95. The van der Waals surface area contributed by atoms with E-state index >= 15 is 0 Å². The number of nitrogens with zero attached hydrogens (tertiary/aromatic N) is 1. The summed E-state index contributed by atoms with van der Waals surface area (Å²) in [5.41, 5.74) is 4.98. The van der Waals surface area contributed by atoms with Crippen LogP contribution in [-0.4, -0.2) is 42.0 Å². The van der Waals surface area contributed by atoms with Gasteiger partial charge in [0.2, 0.25) is 5.91 Å². The zero-order valence-corrected chi connectivity index (χ0v) is 20.1. The van der Waals surface area contributed by atoms with Crippen LogP contribution in [0.5, 0.6) is 11.5 Å². The molecule has 5 rings (SSSR count). The fraction of sp³-hybridized carbons (Fsp3) is 0.214. The van der Waals surface area contributed by atoms with Crippen molar-refractivity contribution in [1.29, 1.82) is 0 Å². The fourth-order valence-corrected chi connectivity index (χ4v) is 4.95. The van der Waals surface area contributed by atoms with Crippen LogP contribution in [0.2, 0.25) is 0 Å². The zero-order valence-electron chi connectivity index (χ0n) is 20.1. The van der Waals surface area contributed by atoms with Crippen molar-refractivity contribution in [1.82, 2.24) is 9.88 Å². The molecule has 4 aromatic rings. The lowest BCUT2D eigenvalue weighted by molar-refractivity contribution is -0.120. The molecular weight excluding hydrogens is 442 g/mol. The molecule has 0 spiro atoms. The SMILES string of the molecule is COc1ccc(NC(=O)C(C)N2C(=O)c3ccccc3C2c2c(C)[nH]c3ccccc23)c(OC)c1. The van der Waals surface area contributed by atoms with E-state index in [2.05, 4.69) is 10.3 Å². The number of aromatic amines is 1. The van der Waals surface area contributed by atoms with Gasteiger partial charge in [-0.2, -0.15) is 0 Å². The van der Waals surface area contributed by atoms with Crippen LogP contribution >= 0.6 is 0 Å². The first kappa shape index (κ1) is 22.5. The molecule has 1 aromatic heterocycles. The maximum atomic E-state index is 13.6. The molecule has 0 aliphatic carbocycles. The molecule has 0 saturated carbocycles. The lowest BCUT2D eigenvalue weighted by Crippen LogP contribution is -2.44. The van der Waals surface area contributed by atoms with E-state index in [4.69, 9.17) is 9.47 Å².